The number of fused-ring (bicyclic) bond motifs is 1. The van der Waals surface area contributed by atoms with Gasteiger partial charge in [-0.2, -0.15) is 4.31 Å². The Morgan fingerprint density at radius 2 is 1.40 bits per heavy atom. The van der Waals surface area contributed by atoms with Crippen LogP contribution in [-0.4, -0.2) is 26.8 Å². The number of anilines is 2. The Bertz CT molecular complexity index is 1240. The first-order valence-electron chi connectivity index (χ1n) is 8.79. The summed E-state index contributed by atoms with van der Waals surface area (Å²) < 4.78 is 53.2. The standard InChI is InChI=1S/C21H14F2N2O4S/c22-15-7-5-14(6-8-15)19(26)13-24-18-3-1-2-4-20(18)30(28,29)25(21(24)27)17-11-9-16(23)10-12-17/h1-12H,13H2. The number of benzene rings is 3. The molecule has 1 aliphatic heterocycles. The first-order chi connectivity index (χ1) is 14.3. The van der Waals surface area contributed by atoms with Gasteiger partial charge in [0.25, 0.3) is 10.0 Å². The molecule has 30 heavy (non-hydrogen) atoms. The summed E-state index contributed by atoms with van der Waals surface area (Å²) in [7, 11) is -4.28. The summed E-state index contributed by atoms with van der Waals surface area (Å²) >= 11 is 0. The molecule has 0 aliphatic carbocycles. The first kappa shape index (κ1) is 19.7. The number of ketones is 1. The predicted molar refractivity (Wildman–Crippen MR) is 106 cm³/mol. The van der Waals surface area contributed by atoms with Crippen LogP contribution in [0.25, 0.3) is 0 Å². The smallest absolute Gasteiger partial charge is 0.292 e. The molecule has 0 atom stereocenters. The molecule has 1 heterocycles. The van der Waals surface area contributed by atoms with Crippen LogP contribution < -0.4 is 9.21 Å². The van der Waals surface area contributed by atoms with Crippen molar-refractivity contribution in [3.05, 3.63) is 90.0 Å². The normalized spacial score (nSPS) is 15.1. The van der Waals surface area contributed by atoms with Crippen LogP contribution in [0.4, 0.5) is 25.0 Å². The second-order valence-electron chi connectivity index (χ2n) is 6.51. The van der Waals surface area contributed by atoms with Crippen molar-refractivity contribution in [1.82, 2.24) is 0 Å². The number of hydrogen-bond donors (Lipinski definition) is 0. The second-order valence-corrected chi connectivity index (χ2v) is 8.27. The Balaban J connectivity index is 1.79. The molecule has 0 bridgehead atoms. The summed E-state index contributed by atoms with van der Waals surface area (Å²) in [5, 5.41) is 0. The molecule has 0 unspecified atom stereocenters. The number of para-hydroxylation sites is 1. The van der Waals surface area contributed by atoms with E-state index in [0.717, 1.165) is 29.2 Å². The van der Waals surface area contributed by atoms with Gasteiger partial charge in [-0.15, -0.1) is 0 Å². The van der Waals surface area contributed by atoms with E-state index in [1.165, 1.54) is 42.5 Å². The molecule has 0 saturated carbocycles. The third-order valence-corrected chi connectivity index (χ3v) is 6.36. The number of urea groups is 1. The molecule has 1 aliphatic rings. The van der Waals surface area contributed by atoms with Crippen LogP contribution in [0, 0.1) is 11.6 Å². The molecule has 0 aromatic heterocycles. The molecule has 3 aromatic carbocycles. The van der Waals surface area contributed by atoms with E-state index in [0.29, 0.717) is 4.31 Å². The van der Waals surface area contributed by atoms with Crippen molar-refractivity contribution >= 4 is 33.2 Å². The van der Waals surface area contributed by atoms with Crippen molar-refractivity contribution in [2.75, 3.05) is 15.7 Å². The van der Waals surface area contributed by atoms with E-state index in [1.807, 2.05) is 0 Å². The Hall–Kier alpha value is -3.59. The van der Waals surface area contributed by atoms with Gasteiger partial charge in [-0.05, 0) is 60.7 Å². The minimum absolute atomic E-state index is 0.0522. The van der Waals surface area contributed by atoms with Crippen molar-refractivity contribution in [1.29, 1.82) is 0 Å². The Labute approximate surface area is 171 Å². The minimum atomic E-state index is -4.28. The highest BCUT2D eigenvalue weighted by atomic mass is 32.2. The molecule has 0 N–H and O–H groups in total. The van der Waals surface area contributed by atoms with Gasteiger partial charge in [0.2, 0.25) is 0 Å². The number of halogens is 2. The Morgan fingerprint density at radius 1 is 0.833 bits per heavy atom. The average Bonchev–Trinajstić information content (AvgIpc) is 2.73. The summed E-state index contributed by atoms with van der Waals surface area (Å²) in [6.45, 7) is -0.464. The number of hydrogen-bond acceptors (Lipinski definition) is 4. The fourth-order valence-electron chi connectivity index (χ4n) is 3.16. The number of carbonyl (C=O) groups excluding carboxylic acids is 2. The SMILES string of the molecule is O=C(CN1C(=O)N(c2ccc(F)cc2)S(=O)(=O)c2ccccc21)c1ccc(F)cc1. The summed E-state index contributed by atoms with van der Waals surface area (Å²) in [5.41, 5.74) is 0.162. The summed E-state index contributed by atoms with van der Waals surface area (Å²) in [4.78, 5) is 26.7. The maximum atomic E-state index is 13.3. The Morgan fingerprint density at radius 3 is 2.03 bits per heavy atom. The van der Waals surface area contributed by atoms with Crippen LogP contribution in [-0.2, 0) is 10.0 Å². The number of amides is 2. The third-order valence-electron chi connectivity index (χ3n) is 4.61. The molecular weight excluding hydrogens is 414 g/mol. The lowest BCUT2D eigenvalue weighted by Gasteiger charge is -2.35. The number of nitrogens with zero attached hydrogens (tertiary/aromatic N) is 2. The van der Waals surface area contributed by atoms with Crippen LogP contribution in [0.1, 0.15) is 10.4 Å². The van der Waals surface area contributed by atoms with E-state index in [1.54, 1.807) is 6.07 Å². The molecule has 152 valence electrons. The molecule has 3 aromatic rings. The lowest BCUT2D eigenvalue weighted by atomic mass is 10.1. The highest BCUT2D eigenvalue weighted by molar-refractivity contribution is 7.94. The van der Waals surface area contributed by atoms with Crippen LogP contribution in [0.5, 0.6) is 0 Å². The van der Waals surface area contributed by atoms with Gasteiger partial charge in [0.15, 0.2) is 5.78 Å². The zero-order chi connectivity index (χ0) is 21.5. The molecule has 6 nitrogen and oxygen atoms in total. The quantitative estimate of drug-likeness (QED) is 0.589. The number of carbonyl (C=O) groups is 2. The van der Waals surface area contributed by atoms with Gasteiger partial charge in [-0.3, -0.25) is 9.69 Å². The molecule has 0 saturated heterocycles. The molecule has 4 rings (SSSR count). The lowest BCUT2D eigenvalue weighted by molar-refractivity contribution is 0.0999. The zero-order valence-electron chi connectivity index (χ0n) is 15.3. The predicted octanol–water partition coefficient (Wildman–Crippen LogP) is 3.98. The molecule has 9 heteroatoms. The average molecular weight is 428 g/mol. The van der Waals surface area contributed by atoms with Crippen LogP contribution in [0.3, 0.4) is 0 Å². The van der Waals surface area contributed by atoms with Gasteiger partial charge in [0.05, 0.1) is 17.9 Å². The number of Topliss-reactive ketones (excluding diaryl/α,β-unsaturated/α-hetero) is 1. The van der Waals surface area contributed by atoms with E-state index >= 15 is 0 Å². The van der Waals surface area contributed by atoms with E-state index in [9.17, 15) is 26.8 Å². The highest BCUT2D eigenvalue weighted by Crippen LogP contribution is 2.37. The summed E-state index contributed by atoms with van der Waals surface area (Å²) in [6.07, 6.45) is 0. The van der Waals surface area contributed by atoms with E-state index in [-0.39, 0.29) is 21.8 Å². The van der Waals surface area contributed by atoms with Gasteiger partial charge in [0.1, 0.15) is 16.5 Å². The molecule has 0 radical (unpaired) electrons. The third kappa shape index (κ3) is 3.33. The summed E-state index contributed by atoms with van der Waals surface area (Å²) in [6, 6.07) is 14.0. The van der Waals surface area contributed by atoms with Gasteiger partial charge in [-0.25, -0.2) is 22.0 Å². The largest absolute Gasteiger partial charge is 0.343 e. The van der Waals surface area contributed by atoms with Crippen LogP contribution >= 0.6 is 0 Å². The first-order valence-corrected chi connectivity index (χ1v) is 10.2. The van der Waals surface area contributed by atoms with E-state index < -0.39 is 40.0 Å². The fourth-order valence-corrected chi connectivity index (χ4v) is 4.75. The van der Waals surface area contributed by atoms with E-state index in [2.05, 4.69) is 0 Å². The topological polar surface area (TPSA) is 74.8 Å². The maximum absolute atomic E-state index is 13.3. The van der Waals surface area contributed by atoms with Crippen molar-refractivity contribution in [2.24, 2.45) is 0 Å². The zero-order valence-corrected chi connectivity index (χ0v) is 16.1. The van der Waals surface area contributed by atoms with Crippen molar-refractivity contribution in [2.45, 2.75) is 4.90 Å². The highest BCUT2D eigenvalue weighted by Gasteiger charge is 2.43. The fraction of sp³-hybridized carbons (Fsp3) is 0.0476. The van der Waals surface area contributed by atoms with Gasteiger partial charge < -0.3 is 0 Å². The molecule has 0 spiro atoms. The van der Waals surface area contributed by atoms with Gasteiger partial charge in [0, 0.05) is 5.56 Å². The summed E-state index contributed by atoms with van der Waals surface area (Å²) in [5.74, 6) is -1.61. The van der Waals surface area contributed by atoms with Gasteiger partial charge >= 0.3 is 6.03 Å². The van der Waals surface area contributed by atoms with Crippen LogP contribution in [0.15, 0.2) is 77.7 Å². The molecule has 0 fully saturated rings. The van der Waals surface area contributed by atoms with Crippen molar-refractivity contribution in [3.63, 3.8) is 0 Å². The molecule has 2 amide bonds. The second kappa shape index (κ2) is 7.34. The Kier molecular flexibility index (Phi) is 4.83. The van der Waals surface area contributed by atoms with Crippen LogP contribution in [0.2, 0.25) is 0 Å². The molecular formula is C21H14F2N2O4S. The van der Waals surface area contributed by atoms with E-state index in [4.69, 9.17) is 0 Å². The lowest BCUT2D eigenvalue weighted by Crippen LogP contribution is -2.52. The minimum Gasteiger partial charge on any atom is -0.292 e. The maximum Gasteiger partial charge on any atom is 0.343 e. The number of rotatable bonds is 4. The number of sulfonamides is 1. The van der Waals surface area contributed by atoms with Crippen molar-refractivity contribution < 1.29 is 26.8 Å². The monoisotopic (exact) mass is 428 g/mol. The van der Waals surface area contributed by atoms with Gasteiger partial charge in [-0.1, -0.05) is 12.1 Å². The van der Waals surface area contributed by atoms with Crippen molar-refractivity contribution in [3.8, 4) is 0 Å².